The molecule has 1 aromatic carbocycles. The molecule has 2 rings (SSSR count). The molecule has 0 aliphatic heterocycles. The third-order valence-electron chi connectivity index (χ3n) is 2.70. The topological polar surface area (TPSA) is 59.1 Å². The number of carbonyl (C=O) groups is 2. The standard InChI is InChI=1S/C15H14N2O2/c1-10-6-7-13(12(9-10)11(2)18)17-15(19)14-5-3-4-8-16-14/h3-9H,1-2H3,(H,17,19). The van der Waals surface area contributed by atoms with Gasteiger partial charge in [-0.1, -0.05) is 17.7 Å². The van der Waals surface area contributed by atoms with Crippen molar-refractivity contribution in [2.45, 2.75) is 13.8 Å². The molecule has 1 heterocycles. The van der Waals surface area contributed by atoms with E-state index < -0.39 is 0 Å². The van der Waals surface area contributed by atoms with Crippen LogP contribution in [0.2, 0.25) is 0 Å². The molecule has 0 saturated carbocycles. The van der Waals surface area contributed by atoms with Gasteiger partial charge in [0.25, 0.3) is 5.91 Å². The smallest absolute Gasteiger partial charge is 0.274 e. The largest absolute Gasteiger partial charge is 0.320 e. The van der Waals surface area contributed by atoms with Gasteiger partial charge in [-0.3, -0.25) is 14.6 Å². The van der Waals surface area contributed by atoms with E-state index in [2.05, 4.69) is 10.3 Å². The zero-order valence-corrected chi connectivity index (χ0v) is 10.8. The number of hydrogen-bond donors (Lipinski definition) is 1. The number of Topliss-reactive ketones (excluding diaryl/α,β-unsaturated/α-hetero) is 1. The highest BCUT2D eigenvalue weighted by Crippen LogP contribution is 2.18. The number of carbonyl (C=O) groups excluding carboxylic acids is 2. The maximum atomic E-state index is 12.0. The molecule has 2 aromatic rings. The predicted octanol–water partition coefficient (Wildman–Crippen LogP) is 2.84. The van der Waals surface area contributed by atoms with Crippen LogP contribution in [0, 0.1) is 6.92 Å². The Morgan fingerprint density at radius 2 is 1.95 bits per heavy atom. The molecular weight excluding hydrogens is 240 g/mol. The van der Waals surface area contributed by atoms with Crippen molar-refractivity contribution in [1.29, 1.82) is 0 Å². The minimum atomic E-state index is -0.327. The Morgan fingerprint density at radius 3 is 2.58 bits per heavy atom. The number of anilines is 1. The quantitative estimate of drug-likeness (QED) is 0.857. The Labute approximate surface area is 111 Å². The van der Waals surface area contributed by atoms with Gasteiger partial charge in [-0.05, 0) is 38.1 Å². The van der Waals surface area contributed by atoms with Crippen molar-refractivity contribution < 1.29 is 9.59 Å². The second-order valence-corrected chi connectivity index (χ2v) is 4.27. The predicted molar refractivity (Wildman–Crippen MR) is 73.4 cm³/mol. The first-order valence-corrected chi connectivity index (χ1v) is 5.92. The first-order chi connectivity index (χ1) is 9.08. The zero-order valence-electron chi connectivity index (χ0n) is 10.8. The highest BCUT2D eigenvalue weighted by molar-refractivity contribution is 6.08. The molecule has 0 aliphatic rings. The summed E-state index contributed by atoms with van der Waals surface area (Å²) in [4.78, 5) is 27.5. The van der Waals surface area contributed by atoms with Gasteiger partial charge in [0.1, 0.15) is 5.69 Å². The lowest BCUT2D eigenvalue weighted by Crippen LogP contribution is -2.15. The Bertz CT molecular complexity index is 621. The van der Waals surface area contributed by atoms with Crippen molar-refractivity contribution in [2.75, 3.05) is 5.32 Å². The van der Waals surface area contributed by atoms with Crippen molar-refractivity contribution in [3.8, 4) is 0 Å². The molecule has 1 N–H and O–H groups in total. The molecule has 1 aromatic heterocycles. The van der Waals surface area contributed by atoms with Gasteiger partial charge in [0.05, 0.1) is 5.69 Å². The molecule has 19 heavy (non-hydrogen) atoms. The summed E-state index contributed by atoms with van der Waals surface area (Å²) < 4.78 is 0. The molecule has 1 amide bonds. The number of benzene rings is 1. The summed E-state index contributed by atoms with van der Waals surface area (Å²) in [6.45, 7) is 3.38. The number of rotatable bonds is 3. The van der Waals surface area contributed by atoms with Crippen LogP contribution in [0.25, 0.3) is 0 Å². The lowest BCUT2D eigenvalue weighted by molar-refractivity contribution is 0.101. The fraction of sp³-hybridized carbons (Fsp3) is 0.133. The van der Waals surface area contributed by atoms with Gasteiger partial charge in [-0.2, -0.15) is 0 Å². The molecule has 0 radical (unpaired) electrons. The third kappa shape index (κ3) is 3.04. The van der Waals surface area contributed by atoms with Crippen molar-refractivity contribution in [3.05, 3.63) is 59.4 Å². The molecule has 0 bridgehead atoms. The molecule has 0 saturated heterocycles. The molecule has 96 valence electrons. The molecular formula is C15H14N2O2. The van der Waals surface area contributed by atoms with Crippen LogP contribution in [0.4, 0.5) is 5.69 Å². The number of aryl methyl sites for hydroxylation is 1. The van der Waals surface area contributed by atoms with Crippen LogP contribution in [-0.2, 0) is 0 Å². The summed E-state index contributed by atoms with van der Waals surface area (Å²) in [6.07, 6.45) is 1.55. The number of aromatic nitrogens is 1. The highest BCUT2D eigenvalue weighted by Gasteiger charge is 2.12. The maximum absolute atomic E-state index is 12.0. The molecule has 0 unspecified atom stereocenters. The molecule has 4 heteroatoms. The first-order valence-electron chi connectivity index (χ1n) is 5.92. The van der Waals surface area contributed by atoms with E-state index in [0.717, 1.165) is 5.56 Å². The van der Waals surface area contributed by atoms with Gasteiger partial charge in [0.2, 0.25) is 0 Å². The summed E-state index contributed by atoms with van der Waals surface area (Å²) in [6, 6.07) is 10.4. The summed E-state index contributed by atoms with van der Waals surface area (Å²) in [5.41, 5.74) is 2.30. The van der Waals surface area contributed by atoms with Crippen LogP contribution in [0.1, 0.15) is 33.3 Å². The molecule has 0 spiro atoms. The van der Waals surface area contributed by atoms with Crippen LogP contribution in [0.5, 0.6) is 0 Å². The summed E-state index contributed by atoms with van der Waals surface area (Å²) in [5.74, 6) is -0.410. The van der Waals surface area contributed by atoms with Crippen LogP contribution in [0.3, 0.4) is 0 Å². The Balaban J connectivity index is 2.29. The third-order valence-corrected chi connectivity index (χ3v) is 2.70. The van der Waals surface area contributed by atoms with E-state index in [4.69, 9.17) is 0 Å². The van der Waals surface area contributed by atoms with Gasteiger partial charge >= 0.3 is 0 Å². The zero-order chi connectivity index (χ0) is 13.8. The number of nitrogens with one attached hydrogen (secondary N) is 1. The normalized spacial score (nSPS) is 10.0. The number of ketones is 1. The Kier molecular flexibility index (Phi) is 3.71. The fourth-order valence-electron chi connectivity index (χ4n) is 1.74. The second kappa shape index (κ2) is 5.44. The first kappa shape index (κ1) is 13.0. The molecule has 0 atom stereocenters. The number of pyridine rings is 1. The lowest BCUT2D eigenvalue weighted by Gasteiger charge is -2.09. The van der Waals surface area contributed by atoms with Gasteiger partial charge in [-0.25, -0.2) is 0 Å². The number of amides is 1. The van der Waals surface area contributed by atoms with Crippen molar-refractivity contribution in [2.24, 2.45) is 0 Å². The summed E-state index contributed by atoms with van der Waals surface area (Å²) in [5, 5.41) is 2.71. The molecule has 0 aliphatic carbocycles. The van der Waals surface area contributed by atoms with E-state index in [1.807, 2.05) is 13.0 Å². The van der Waals surface area contributed by atoms with Crippen LogP contribution in [0.15, 0.2) is 42.6 Å². The minimum Gasteiger partial charge on any atom is -0.320 e. The molecule has 0 fully saturated rings. The monoisotopic (exact) mass is 254 g/mol. The van der Waals surface area contributed by atoms with Crippen LogP contribution < -0.4 is 5.32 Å². The van der Waals surface area contributed by atoms with Gasteiger partial charge in [0.15, 0.2) is 5.78 Å². The summed E-state index contributed by atoms with van der Waals surface area (Å²) >= 11 is 0. The van der Waals surface area contributed by atoms with Gasteiger partial charge in [-0.15, -0.1) is 0 Å². The van der Waals surface area contributed by atoms with E-state index in [-0.39, 0.29) is 11.7 Å². The van der Waals surface area contributed by atoms with Crippen molar-refractivity contribution in [1.82, 2.24) is 4.98 Å². The average Bonchev–Trinajstić information content (AvgIpc) is 2.41. The highest BCUT2D eigenvalue weighted by atomic mass is 16.2. The van der Waals surface area contributed by atoms with Crippen LogP contribution in [-0.4, -0.2) is 16.7 Å². The average molecular weight is 254 g/mol. The van der Waals surface area contributed by atoms with E-state index in [0.29, 0.717) is 16.9 Å². The number of nitrogens with zero attached hydrogens (tertiary/aromatic N) is 1. The van der Waals surface area contributed by atoms with Gasteiger partial charge < -0.3 is 5.32 Å². The number of hydrogen-bond acceptors (Lipinski definition) is 3. The van der Waals surface area contributed by atoms with E-state index >= 15 is 0 Å². The Hall–Kier alpha value is -2.49. The molecule has 4 nitrogen and oxygen atoms in total. The van der Waals surface area contributed by atoms with E-state index in [1.165, 1.54) is 6.92 Å². The van der Waals surface area contributed by atoms with E-state index in [9.17, 15) is 9.59 Å². The fourth-order valence-corrected chi connectivity index (χ4v) is 1.74. The lowest BCUT2D eigenvalue weighted by atomic mass is 10.1. The maximum Gasteiger partial charge on any atom is 0.274 e. The van der Waals surface area contributed by atoms with Crippen molar-refractivity contribution in [3.63, 3.8) is 0 Å². The Morgan fingerprint density at radius 1 is 1.16 bits per heavy atom. The van der Waals surface area contributed by atoms with Crippen molar-refractivity contribution >= 4 is 17.4 Å². The van der Waals surface area contributed by atoms with Crippen LogP contribution >= 0.6 is 0 Å². The minimum absolute atomic E-state index is 0.0833. The van der Waals surface area contributed by atoms with Gasteiger partial charge in [0, 0.05) is 11.8 Å². The van der Waals surface area contributed by atoms with E-state index in [1.54, 1.807) is 36.5 Å². The second-order valence-electron chi connectivity index (χ2n) is 4.27. The SMILES string of the molecule is CC(=O)c1cc(C)ccc1NC(=O)c1ccccn1. The summed E-state index contributed by atoms with van der Waals surface area (Å²) in [7, 11) is 0.